The first-order valence-electron chi connectivity index (χ1n) is 6.85. The number of benzene rings is 1. The highest BCUT2D eigenvalue weighted by Gasteiger charge is 2.38. The summed E-state index contributed by atoms with van der Waals surface area (Å²) in [6.45, 7) is 6.88. The molecule has 1 aliphatic rings. The fourth-order valence-electron chi connectivity index (χ4n) is 2.46. The first-order chi connectivity index (χ1) is 9.17. The van der Waals surface area contributed by atoms with E-state index in [-0.39, 0.29) is 5.41 Å². The standard InChI is InChI=1S/C15H24N2O2/c1-3-19-14-6-4-13(5-7-14)8-17(2)10-15(9-16)11-18-12-15/h4-7H,3,8-12,16H2,1-2H3. The zero-order chi connectivity index (χ0) is 13.7. The van der Waals surface area contributed by atoms with Gasteiger partial charge in [-0.3, -0.25) is 0 Å². The van der Waals surface area contributed by atoms with Crippen LogP contribution in [0.2, 0.25) is 0 Å². The van der Waals surface area contributed by atoms with Crippen molar-refractivity contribution in [3.8, 4) is 5.75 Å². The fourth-order valence-corrected chi connectivity index (χ4v) is 2.46. The highest BCUT2D eigenvalue weighted by molar-refractivity contribution is 5.27. The summed E-state index contributed by atoms with van der Waals surface area (Å²) < 4.78 is 10.7. The molecule has 4 heteroatoms. The smallest absolute Gasteiger partial charge is 0.119 e. The molecule has 1 aromatic rings. The Hall–Kier alpha value is -1.10. The summed E-state index contributed by atoms with van der Waals surface area (Å²) in [6.07, 6.45) is 0. The van der Waals surface area contributed by atoms with Crippen LogP contribution in [0.25, 0.3) is 0 Å². The second-order valence-corrected chi connectivity index (χ2v) is 5.45. The van der Waals surface area contributed by atoms with Gasteiger partial charge in [0.15, 0.2) is 0 Å². The molecule has 0 spiro atoms. The van der Waals surface area contributed by atoms with E-state index in [2.05, 4.69) is 24.1 Å². The van der Waals surface area contributed by atoms with Crippen LogP contribution in [0.4, 0.5) is 0 Å². The maximum Gasteiger partial charge on any atom is 0.119 e. The van der Waals surface area contributed by atoms with E-state index in [1.54, 1.807) is 0 Å². The molecule has 0 bridgehead atoms. The van der Waals surface area contributed by atoms with E-state index >= 15 is 0 Å². The Morgan fingerprint density at radius 3 is 2.47 bits per heavy atom. The van der Waals surface area contributed by atoms with Crippen molar-refractivity contribution in [2.24, 2.45) is 11.1 Å². The van der Waals surface area contributed by atoms with Crippen LogP contribution in [0, 0.1) is 5.41 Å². The molecule has 106 valence electrons. The van der Waals surface area contributed by atoms with Gasteiger partial charge in [0.1, 0.15) is 5.75 Å². The van der Waals surface area contributed by atoms with Crippen LogP contribution in [0.15, 0.2) is 24.3 Å². The van der Waals surface area contributed by atoms with E-state index in [4.69, 9.17) is 15.2 Å². The molecule has 0 atom stereocenters. The minimum absolute atomic E-state index is 0.167. The first kappa shape index (κ1) is 14.3. The van der Waals surface area contributed by atoms with Crippen molar-refractivity contribution in [1.82, 2.24) is 4.90 Å². The lowest BCUT2D eigenvalue weighted by Gasteiger charge is -2.43. The van der Waals surface area contributed by atoms with Crippen molar-refractivity contribution < 1.29 is 9.47 Å². The predicted octanol–water partition coefficient (Wildman–Crippen LogP) is 1.49. The number of ether oxygens (including phenoxy) is 2. The summed E-state index contributed by atoms with van der Waals surface area (Å²) in [5.74, 6) is 0.930. The van der Waals surface area contributed by atoms with Gasteiger partial charge in [-0.2, -0.15) is 0 Å². The molecular weight excluding hydrogens is 240 g/mol. The van der Waals surface area contributed by atoms with E-state index < -0.39 is 0 Å². The lowest BCUT2D eigenvalue weighted by molar-refractivity contribution is -0.118. The second-order valence-electron chi connectivity index (χ2n) is 5.45. The minimum atomic E-state index is 0.167. The van der Waals surface area contributed by atoms with E-state index in [1.165, 1.54) is 5.56 Å². The first-order valence-corrected chi connectivity index (χ1v) is 6.85. The molecule has 1 aromatic carbocycles. The van der Waals surface area contributed by atoms with Crippen LogP contribution in [-0.4, -0.2) is 44.9 Å². The Bertz CT molecular complexity index is 382. The molecular formula is C15H24N2O2. The second kappa shape index (κ2) is 6.37. The van der Waals surface area contributed by atoms with Crippen molar-refractivity contribution in [2.45, 2.75) is 13.5 Å². The predicted molar refractivity (Wildman–Crippen MR) is 76.3 cm³/mol. The number of rotatable bonds is 7. The van der Waals surface area contributed by atoms with Gasteiger partial charge in [-0.25, -0.2) is 0 Å². The molecule has 1 saturated heterocycles. The van der Waals surface area contributed by atoms with Gasteiger partial charge in [-0.1, -0.05) is 12.1 Å². The van der Waals surface area contributed by atoms with Gasteiger partial charge in [0.2, 0.25) is 0 Å². The fraction of sp³-hybridized carbons (Fsp3) is 0.600. The topological polar surface area (TPSA) is 47.7 Å². The third-order valence-corrected chi connectivity index (χ3v) is 3.54. The van der Waals surface area contributed by atoms with Gasteiger partial charge >= 0.3 is 0 Å². The van der Waals surface area contributed by atoms with Crippen LogP contribution in [-0.2, 0) is 11.3 Å². The molecule has 0 aliphatic carbocycles. The third-order valence-electron chi connectivity index (χ3n) is 3.54. The lowest BCUT2D eigenvalue weighted by atomic mass is 9.85. The number of hydrogen-bond donors (Lipinski definition) is 1. The molecule has 4 nitrogen and oxygen atoms in total. The van der Waals surface area contributed by atoms with Gasteiger partial charge in [-0.05, 0) is 31.7 Å². The van der Waals surface area contributed by atoms with E-state index in [1.807, 2.05) is 19.1 Å². The normalized spacial score (nSPS) is 17.3. The summed E-state index contributed by atoms with van der Waals surface area (Å²) in [5.41, 5.74) is 7.30. The summed E-state index contributed by atoms with van der Waals surface area (Å²) in [5, 5.41) is 0. The van der Waals surface area contributed by atoms with Crippen molar-refractivity contribution in [1.29, 1.82) is 0 Å². The van der Waals surface area contributed by atoms with Gasteiger partial charge < -0.3 is 20.1 Å². The molecule has 2 rings (SSSR count). The quantitative estimate of drug-likeness (QED) is 0.810. The van der Waals surface area contributed by atoms with Gasteiger partial charge in [0.25, 0.3) is 0 Å². The Labute approximate surface area is 115 Å². The highest BCUT2D eigenvalue weighted by atomic mass is 16.5. The molecule has 0 amide bonds. The average Bonchev–Trinajstić information content (AvgIpc) is 2.37. The van der Waals surface area contributed by atoms with Crippen molar-refractivity contribution >= 4 is 0 Å². The Kier molecular flexibility index (Phi) is 4.80. The Morgan fingerprint density at radius 2 is 2.00 bits per heavy atom. The number of hydrogen-bond acceptors (Lipinski definition) is 4. The van der Waals surface area contributed by atoms with Crippen molar-refractivity contribution in [3.05, 3.63) is 29.8 Å². The molecule has 0 saturated carbocycles. The summed E-state index contributed by atoms with van der Waals surface area (Å²) in [7, 11) is 2.13. The molecule has 0 radical (unpaired) electrons. The van der Waals surface area contributed by atoms with Crippen LogP contribution < -0.4 is 10.5 Å². The summed E-state index contributed by atoms with van der Waals surface area (Å²) in [4.78, 5) is 2.31. The number of nitrogens with two attached hydrogens (primary N) is 1. The van der Waals surface area contributed by atoms with Crippen LogP contribution in [0.1, 0.15) is 12.5 Å². The van der Waals surface area contributed by atoms with Crippen LogP contribution >= 0.6 is 0 Å². The molecule has 1 heterocycles. The Morgan fingerprint density at radius 1 is 1.32 bits per heavy atom. The zero-order valence-electron chi connectivity index (χ0n) is 11.9. The van der Waals surface area contributed by atoms with Crippen LogP contribution in [0.5, 0.6) is 5.75 Å². The van der Waals surface area contributed by atoms with Gasteiger partial charge in [0, 0.05) is 25.0 Å². The van der Waals surface area contributed by atoms with Gasteiger partial charge in [0.05, 0.1) is 19.8 Å². The van der Waals surface area contributed by atoms with Crippen LogP contribution in [0.3, 0.4) is 0 Å². The maximum atomic E-state index is 5.84. The maximum absolute atomic E-state index is 5.84. The van der Waals surface area contributed by atoms with E-state index in [0.717, 1.165) is 32.1 Å². The highest BCUT2D eigenvalue weighted by Crippen LogP contribution is 2.27. The van der Waals surface area contributed by atoms with E-state index in [0.29, 0.717) is 13.2 Å². The average molecular weight is 264 g/mol. The minimum Gasteiger partial charge on any atom is -0.494 e. The molecule has 2 N–H and O–H groups in total. The lowest BCUT2D eigenvalue weighted by Crippen LogP contribution is -2.54. The summed E-state index contributed by atoms with van der Waals surface area (Å²) >= 11 is 0. The third kappa shape index (κ3) is 3.69. The molecule has 1 fully saturated rings. The number of nitrogens with zero attached hydrogens (tertiary/aromatic N) is 1. The van der Waals surface area contributed by atoms with E-state index in [9.17, 15) is 0 Å². The largest absolute Gasteiger partial charge is 0.494 e. The SMILES string of the molecule is CCOc1ccc(CN(C)CC2(CN)COC2)cc1. The Balaban J connectivity index is 1.86. The monoisotopic (exact) mass is 264 g/mol. The van der Waals surface area contributed by atoms with Gasteiger partial charge in [-0.15, -0.1) is 0 Å². The molecule has 0 unspecified atom stereocenters. The summed E-state index contributed by atoms with van der Waals surface area (Å²) in [6, 6.07) is 8.29. The zero-order valence-corrected chi connectivity index (χ0v) is 11.9. The molecule has 0 aromatic heterocycles. The molecule has 1 aliphatic heterocycles. The molecule has 19 heavy (non-hydrogen) atoms. The van der Waals surface area contributed by atoms with Crippen molar-refractivity contribution in [2.75, 3.05) is 40.0 Å². The van der Waals surface area contributed by atoms with Crippen molar-refractivity contribution in [3.63, 3.8) is 0 Å².